The summed E-state index contributed by atoms with van der Waals surface area (Å²) < 4.78 is 11.5. The molecule has 0 saturated carbocycles. The van der Waals surface area contributed by atoms with Crippen LogP contribution < -0.4 is 0 Å². The molecule has 78 valence electrons. The van der Waals surface area contributed by atoms with Gasteiger partial charge in [0.15, 0.2) is 0 Å². The molecule has 0 saturated heterocycles. The van der Waals surface area contributed by atoms with Gasteiger partial charge in [-0.15, -0.1) is 6.58 Å². The highest BCUT2D eigenvalue weighted by molar-refractivity contribution is 6.13. The molecular formula is C10H22O2Si. The van der Waals surface area contributed by atoms with Crippen LogP contribution in [0, 0.1) is 0 Å². The highest BCUT2D eigenvalue weighted by atomic mass is 28.1. The first-order valence-electron chi connectivity index (χ1n) is 4.86. The highest BCUT2D eigenvalue weighted by Crippen LogP contribution is 2.18. The van der Waals surface area contributed by atoms with E-state index in [1.165, 1.54) is 0 Å². The van der Waals surface area contributed by atoms with Crippen molar-refractivity contribution in [1.82, 2.24) is 0 Å². The zero-order chi connectivity index (χ0) is 10.5. The molecule has 3 heteroatoms. The minimum atomic E-state index is -0.385. The number of hydrogen-bond acceptors (Lipinski definition) is 2. The number of ether oxygens (including phenoxy) is 2. The summed E-state index contributed by atoms with van der Waals surface area (Å²) in [6, 6.07) is 0. The van der Waals surface area contributed by atoms with Gasteiger partial charge >= 0.3 is 0 Å². The summed E-state index contributed by atoms with van der Waals surface area (Å²) in [6.45, 7) is 11.8. The van der Waals surface area contributed by atoms with Gasteiger partial charge in [-0.25, -0.2) is 0 Å². The fourth-order valence-electron chi connectivity index (χ4n) is 1.38. The molecule has 0 aliphatic rings. The smallest absolute Gasteiger partial charge is 0.145 e. The molecule has 0 aromatic heterocycles. The van der Waals surface area contributed by atoms with Crippen molar-refractivity contribution in [3.05, 3.63) is 12.7 Å². The fourth-order valence-corrected chi connectivity index (χ4v) is 2.61. The lowest BCUT2D eigenvalue weighted by Crippen LogP contribution is -2.40. The molecule has 2 nitrogen and oxygen atoms in total. The van der Waals surface area contributed by atoms with E-state index in [1.54, 1.807) is 0 Å². The van der Waals surface area contributed by atoms with Crippen molar-refractivity contribution < 1.29 is 9.47 Å². The maximum absolute atomic E-state index is 5.76. The SMILES string of the molecule is C=CCC([SiH3])(OC(C)C)OC(C)C. The van der Waals surface area contributed by atoms with Crippen LogP contribution in [0.25, 0.3) is 0 Å². The summed E-state index contributed by atoms with van der Waals surface area (Å²) in [5, 5.41) is 0. The Bertz CT molecular complexity index is 145. The van der Waals surface area contributed by atoms with Gasteiger partial charge in [0.05, 0.1) is 22.5 Å². The van der Waals surface area contributed by atoms with E-state index in [2.05, 4.69) is 6.58 Å². The maximum Gasteiger partial charge on any atom is 0.145 e. The van der Waals surface area contributed by atoms with Gasteiger partial charge in [-0.2, -0.15) is 0 Å². The third-order valence-corrected chi connectivity index (χ3v) is 2.36. The molecule has 0 bridgehead atoms. The van der Waals surface area contributed by atoms with Crippen molar-refractivity contribution >= 4 is 10.2 Å². The predicted molar refractivity (Wildman–Crippen MR) is 59.9 cm³/mol. The predicted octanol–water partition coefficient (Wildman–Crippen LogP) is 1.43. The van der Waals surface area contributed by atoms with Gasteiger partial charge in [-0.1, -0.05) is 6.08 Å². The van der Waals surface area contributed by atoms with Crippen LogP contribution in [-0.4, -0.2) is 27.9 Å². The summed E-state index contributed by atoms with van der Waals surface area (Å²) in [5.41, 5.74) is -0.385. The molecule has 0 rings (SSSR count). The summed E-state index contributed by atoms with van der Waals surface area (Å²) >= 11 is 0. The fraction of sp³-hybridized carbons (Fsp3) is 0.800. The molecule has 0 heterocycles. The monoisotopic (exact) mass is 202 g/mol. The Morgan fingerprint density at radius 3 is 1.85 bits per heavy atom. The Labute approximate surface area is 84.7 Å². The van der Waals surface area contributed by atoms with Crippen LogP contribution in [0.15, 0.2) is 12.7 Å². The molecule has 0 amide bonds. The van der Waals surface area contributed by atoms with E-state index in [-0.39, 0.29) is 17.6 Å². The van der Waals surface area contributed by atoms with Crippen LogP contribution in [0.4, 0.5) is 0 Å². The second kappa shape index (κ2) is 5.57. The second-order valence-electron chi connectivity index (χ2n) is 3.96. The molecular weight excluding hydrogens is 180 g/mol. The topological polar surface area (TPSA) is 18.5 Å². The van der Waals surface area contributed by atoms with E-state index in [0.29, 0.717) is 0 Å². The van der Waals surface area contributed by atoms with Crippen LogP contribution in [0.5, 0.6) is 0 Å². The van der Waals surface area contributed by atoms with Crippen molar-refractivity contribution in [1.29, 1.82) is 0 Å². The van der Waals surface area contributed by atoms with Gasteiger partial charge in [0, 0.05) is 6.42 Å². The van der Waals surface area contributed by atoms with E-state index < -0.39 is 0 Å². The van der Waals surface area contributed by atoms with Gasteiger partial charge in [-0.05, 0) is 27.7 Å². The zero-order valence-corrected chi connectivity index (χ0v) is 11.5. The van der Waals surface area contributed by atoms with Crippen LogP contribution in [-0.2, 0) is 9.47 Å². The third-order valence-electron chi connectivity index (χ3n) is 1.49. The van der Waals surface area contributed by atoms with E-state index in [9.17, 15) is 0 Å². The average Bonchev–Trinajstić information content (AvgIpc) is 1.81. The lowest BCUT2D eigenvalue weighted by molar-refractivity contribution is -0.212. The van der Waals surface area contributed by atoms with E-state index in [0.717, 1.165) is 16.7 Å². The van der Waals surface area contributed by atoms with Crippen molar-refractivity contribution in [2.24, 2.45) is 0 Å². The summed E-state index contributed by atoms with van der Waals surface area (Å²) in [5.74, 6) is 0. The minimum absolute atomic E-state index is 0.205. The Kier molecular flexibility index (Phi) is 5.52. The molecule has 0 fully saturated rings. The quantitative estimate of drug-likeness (QED) is 0.368. The Morgan fingerprint density at radius 2 is 1.62 bits per heavy atom. The molecule has 0 N–H and O–H groups in total. The van der Waals surface area contributed by atoms with Gasteiger partial charge in [0.2, 0.25) is 0 Å². The lowest BCUT2D eigenvalue weighted by atomic mass is 10.3. The van der Waals surface area contributed by atoms with Crippen LogP contribution in [0.3, 0.4) is 0 Å². The molecule has 0 spiro atoms. The van der Waals surface area contributed by atoms with Crippen molar-refractivity contribution in [3.63, 3.8) is 0 Å². The van der Waals surface area contributed by atoms with Crippen molar-refractivity contribution in [3.8, 4) is 0 Å². The van der Waals surface area contributed by atoms with E-state index in [4.69, 9.17) is 9.47 Å². The van der Waals surface area contributed by atoms with Crippen LogP contribution in [0.2, 0.25) is 0 Å². The first kappa shape index (κ1) is 12.9. The van der Waals surface area contributed by atoms with Crippen LogP contribution >= 0.6 is 0 Å². The summed E-state index contributed by atoms with van der Waals surface area (Å²) in [6.07, 6.45) is 3.04. The Balaban J connectivity index is 4.23. The molecule has 0 aromatic carbocycles. The minimum Gasteiger partial charge on any atom is -0.352 e. The standard InChI is InChI=1S/C10H22O2Si/c1-6-7-10(13,11-8(2)3)12-9(4)5/h6,8-9H,1,7H2,2-5,13H3. The zero-order valence-electron chi connectivity index (χ0n) is 9.46. The second-order valence-corrected chi connectivity index (χ2v) is 5.48. The number of rotatable bonds is 6. The summed E-state index contributed by atoms with van der Waals surface area (Å²) in [4.78, 5) is 0. The van der Waals surface area contributed by atoms with E-state index in [1.807, 2.05) is 33.8 Å². The number of hydrogen-bond donors (Lipinski definition) is 0. The first-order valence-corrected chi connectivity index (χ1v) is 5.86. The van der Waals surface area contributed by atoms with E-state index >= 15 is 0 Å². The van der Waals surface area contributed by atoms with Gasteiger partial charge in [0.1, 0.15) is 5.41 Å². The lowest BCUT2D eigenvalue weighted by Gasteiger charge is -2.33. The molecule has 0 aromatic rings. The maximum atomic E-state index is 5.76. The van der Waals surface area contributed by atoms with Gasteiger partial charge in [-0.3, -0.25) is 0 Å². The Hall–Kier alpha value is -0.123. The molecule has 0 unspecified atom stereocenters. The van der Waals surface area contributed by atoms with Gasteiger partial charge < -0.3 is 9.47 Å². The van der Waals surface area contributed by atoms with Crippen molar-refractivity contribution in [2.75, 3.05) is 0 Å². The third kappa shape index (κ3) is 6.02. The van der Waals surface area contributed by atoms with Crippen molar-refractivity contribution in [2.45, 2.75) is 51.7 Å². The van der Waals surface area contributed by atoms with Crippen LogP contribution in [0.1, 0.15) is 34.1 Å². The Morgan fingerprint density at radius 1 is 1.23 bits per heavy atom. The highest BCUT2D eigenvalue weighted by Gasteiger charge is 2.26. The largest absolute Gasteiger partial charge is 0.352 e. The molecule has 0 atom stereocenters. The normalized spacial score (nSPS) is 12.8. The molecule has 0 aliphatic carbocycles. The molecule has 13 heavy (non-hydrogen) atoms. The molecule has 0 aliphatic heterocycles. The average molecular weight is 202 g/mol. The van der Waals surface area contributed by atoms with Gasteiger partial charge in [0.25, 0.3) is 0 Å². The molecule has 0 radical (unpaired) electrons. The first-order chi connectivity index (χ1) is 5.89. The summed E-state index contributed by atoms with van der Waals surface area (Å²) in [7, 11) is 0.858.